The second-order valence-corrected chi connectivity index (χ2v) is 6.14. The Bertz CT molecular complexity index is 703. The number of carbonyl (C=O) groups excluding carboxylic acids is 1. The van der Waals surface area contributed by atoms with E-state index in [1.165, 1.54) is 0 Å². The van der Waals surface area contributed by atoms with Gasteiger partial charge in [0.1, 0.15) is 5.82 Å². The number of rotatable bonds is 4. The van der Waals surface area contributed by atoms with E-state index in [1.807, 2.05) is 37.3 Å². The molecular weight excluding hydrogens is 302 g/mol. The Labute approximate surface area is 142 Å². The number of ether oxygens (including phenoxy) is 1. The normalized spacial score (nSPS) is 20.6. The van der Waals surface area contributed by atoms with E-state index < -0.39 is 0 Å². The van der Waals surface area contributed by atoms with Crippen LogP contribution >= 0.6 is 0 Å². The smallest absolute Gasteiger partial charge is 0.231 e. The highest BCUT2D eigenvalue weighted by molar-refractivity contribution is 5.92. The number of amides is 1. The van der Waals surface area contributed by atoms with Gasteiger partial charge in [-0.3, -0.25) is 4.79 Å². The van der Waals surface area contributed by atoms with Crippen molar-refractivity contribution in [3.8, 4) is 11.4 Å². The monoisotopic (exact) mass is 325 g/mol. The highest BCUT2D eigenvalue weighted by Gasteiger charge is 2.30. The fourth-order valence-electron chi connectivity index (χ4n) is 3.11. The van der Waals surface area contributed by atoms with Crippen LogP contribution in [-0.2, 0) is 9.53 Å². The van der Waals surface area contributed by atoms with E-state index in [4.69, 9.17) is 4.74 Å². The van der Waals surface area contributed by atoms with E-state index in [1.54, 1.807) is 6.07 Å². The minimum Gasteiger partial charge on any atom is -0.377 e. The molecule has 0 saturated carbocycles. The highest BCUT2D eigenvalue weighted by atomic mass is 16.5. The van der Waals surface area contributed by atoms with Crippen LogP contribution in [0.1, 0.15) is 31.9 Å². The fourth-order valence-corrected chi connectivity index (χ4v) is 3.11. The molecule has 1 aromatic carbocycles. The fraction of sp³-hybridized carbons (Fsp3) is 0.421. The lowest BCUT2D eigenvalue weighted by Crippen LogP contribution is -2.38. The molecule has 2 atom stereocenters. The summed E-state index contributed by atoms with van der Waals surface area (Å²) < 4.78 is 5.72. The molecule has 0 bridgehead atoms. The number of nitrogens with zero attached hydrogens (tertiary/aromatic N) is 2. The predicted octanol–water partition coefficient (Wildman–Crippen LogP) is 3.60. The zero-order valence-corrected chi connectivity index (χ0v) is 14.2. The summed E-state index contributed by atoms with van der Waals surface area (Å²) in [6.45, 7) is 4.70. The first-order chi connectivity index (χ1) is 11.7. The van der Waals surface area contributed by atoms with Crippen molar-refractivity contribution in [3.63, 3.8) is 0 Å². The van der Waals surface area contributed by atoms with Crippen LogP contribution in [0.25, 0.3) is 11.4 Å². The second kappa shape index (κ2) is 7.53. The van der Waals surface area contributed by atoms with Gasteiger partial charge in [0.2, 0.25) is 5.91 Å². The van der Waals surface area contributed by atoms with E-state index in [-0.39, 0.29) is 17.9 Å². The molecule has 1 N–H and O–H groups in total. The molecule has 0 spiro atoms. The van der Waals surface area contributed by atoms with Gasteiger partial charge < -0.3 is 10.1 Å². The maximum atomic E-state index is 12.6. The van der Waals surface area contributed by atoms with Crippen molar-refractivity contribution in [3.05, 3.63) is 42.1 Å². The molecule has 1 aliphatic rings. The van der Waals surface area contributed by atoms with Gasteiger partial charge in [0.25, 0.3) is 0 Å². The molecule has 3 rings (SSSR count). The van der Waals surface area contributed by atoms with Gasteiger partial charge in [-0.15, -0.1) is 0 Å². The van der Waals surface area contributed by atoms with Gasteiger partial charge in [-0.2, -0.15) is 0 Å². The van der Waals surface area contributed by atoms with Crippen molar-refractivity contribution in [2.45, 2.75) is 39.2 Å². The first kappa shape index (κ1) is 16.6. The van der Waals surface area contributed by atoms with Crippen molar-refractivity contribution in [2.75, 3.05) is 11.9 Å². The molecular formula is C19H23N3O2. The molecule has 126 valence electrons. The lowest BCUT2D eigenvalue weighted by molar-refractivity contribution is -0.129. The molecule has 1 saturated heterocycles. The molecule has 1 amide bonds. The number of hydrogen-bond donors (Lipinski definition) is 1. The summed E-state index contributed by atoms with van der Waals surface area (Å²) in [4.78, 5) is 21.6. The van der Waals surface area contributed by atoms with Crippen molar-refractivity contribution in [1.82, 2.24) is 9.97 Å². The standard InChI is InChI=1S/C19H23N3O2/c1-3-16-15(10-7-11-24-16)19(23)22-17-12-13(2)20-18(21-17)14-8-5-4-6-9-14/h4-6,8-9,12,15-16H,3,7,10-11H2,1-2H3,(H,20,21,22,23). The van der Waals surface area contributed by atoms with Gasteiger partial charge >= 0.3 is 0 Å². The van der Waals surface area contributed by atoms with Crippen LogP contribution in [0.2, 0.25) is 0 Å². The van der Waals surface area contributed by atoms with Crippen LogP contribution in [0, 0.1) is 12.8 Å². The topological polar surface area (TPSA) is 64.1 Å². The molecule has 24 heavy (non-hydrogen) atoms. The summed E-state index contributed by atoms with van der Waals surface area (Å²) in [7, 11) is 0. The molecule has 5 nitrogen and oxygen atoms in total. The van der Waals surface area contributed by atoms with E-state index in [2.05, 4.69) is 22.2 Å². The van der Waals surface area contributed by atoms with Crippen LogP contribution in [-0.4, -0.2) is 28.6 Å². The van der Waals surface area contributed by atoms with Crippen molar-refractivity contribution in [1.29, 1.82) is 0 Å². The average Bonchev–Trinajstić information content (AvgIpc) is 2.62. The molecule has 0 aliphatic carbocycles. The maximum Gasteiger partial charge on any atom is 0.231 e. The summed E-state index contributed by atoms with van der Waals surface area (Å²) >= 11 is 0. The Kier molecular flexibility index (Phi) is 5.20. The summed E-state index contributed by atoms with van der Waals surface area (Å²) in [6, 6.07) is 11.6. The molecule has 0 radical (unpaired) electrons. The number of carbonyl (C=O) groups is 1. The van der Waals surface area contributed by atoms with Crippen LogP contribution in [0.5, 0.6) is 0 Å². The highest BCUT2D eigenvalue weighted by Crippen LogP contribution is 2.25. The predicted molar refractivity (Wildman–Crippen MR) is 93.6 cm³/mol. The molecule has 2 heterocycles. The molecule has 5 heteroatoms. The zero-order chi connectivity index (χ0) is 16.9. The third-order valence-electron chi connectivity index (χ3n) is 4.32. The van der Waals surface area contributed by atoms with Crippen molar-refractivity contribution in [2.24, 2.45) is 5.92 Å². The zero-order valence-electron chi connectivity index (χ0n) is 14.2. The summed E-state index contributed by atoms with van der Waals surface area (Å²) in [5.41, 5.74) is 1.76. The van der Waals surface area contributed by atoms with Crippen LogP contribution in [0.4, 0.5) is 5.82 Å². The Morgan fingerprint density at radius 2 is 2.08 bits per heavy atom. The minimum absolute atomic E-state index is 0.00437. The Balaban J connectivity index is 1.80. The summed E-state index contributed by atoms with van der Waals surface area (Å²) in [5, 5.41) is 2.96. The lowest BCUT2D eigenvalue weighted by atomic mass is 9.92. The summed E-state index contributed by atoms with van der Waals surface area (Å²) in [5.74, 6) is 1.04. The average molecular weight is 325 g/mol. The quantitative estimate of drug-likeness (QED) is 0.933. The van der Waals surface area contributed by atoms with Crippen LogP contribution in [0.15, 0.2) is 36.4 Å². The van der Waals surface area contributed by atoms with Gasteiger partial charge in [0.05, 0.1) is 12.0 Å². The minimum atomic E-state index is -0.112. The molecule has 1 aromatic heterocycles. The number of hydrogen-bond acceptors (Lipinski definition) is 4. The number of benzene rings is 1. The largest absolute Gasteiger partial charge is 0.377 e. The number of aromatic nitrogens is 2. The van der Waals surface area contributed by atoms with Gasteiger partial charge in [-0.25, -0.2) is 9.97 Å². The Hall–Kier alpha value is -2.27. The Morgan fingerprint density at radius 3 is 2.83 bits per heavy atom. The molecule has 1 fully saturated rings. The third-order valence-corrected chi connectivity index (χ3v) is 4.32. The van der Waals surface area contributed by atoms with E-state index in [0.29, 0.717) is 11.6 Å². The van der Waals surface area contributed by atoms with Gasteiger partial charge in [0.15, 0.2) is 5.82 Å². The lowest BCUT2D eigenvalue weighted by Gasteiger charge is -2.29. The van der Waals surface area contributed by atoms with Crippen LogP contribution in [0.3, 0.4) is 0 Å². The summed E-state index contributed by atoms with van der Waals surface area (Å²) in [6.07, 6.45) is 2.62. The van der Waals surface area contributed by atoms with Crippen molar-refractivity contribution < 1.29 is 9.53 Å². The Morgan fingerprint density at radius 1 is 1.29 bits per heavy atom. The first-order valence-corrected chi connectivity index (χ1v) is 8.51. The third kappa shape index (κ3) is 3.79. The van der Waals surface area contributed by atoms with E-state index in [9.17, 15) is 4.79 Å². The number of aryl methyl sites for hydroxylation is 1. The molecule has 2 aromatic rings. The number of anilines is 1. The molecule has 2 unspecified atom stereocenters. The maximum absolute atomic E-state index is 12.6. The second-order valence-electron chi connectivity index (χ2n) is 6.14. The van der Waals surface area contributed by atoms with E-state index >= 15 is 0 Å². The van der Waals surface area contributed by atoms with Gasteiger partial charge in [-0.05, 0) is 26.2 Å². The van der Waals surface area contributed by atoms with E-state index in [0.717, 1.165) is 37.1 Å². The number of nitrogens with one attached hydrogen (secondary N) is 1. The molecule has 1 aliphatic heterocycles. The van der Waals surface area contributed by atoms with Gasteiger partial charge in [-0.1, -0.05) is 37.3 Å². The first-order valence-electron chi connectivity index (χ1n) is 8.51. The SMILES string of the molecule is CCC1OCCCC1C(=O)Nc1cc(C)nc(-c2ccccc2)n1. The van der Waals surface area contributed by atoms with Crippen LogP contribution < -0.4 is 5.32 Å². The van der Waals surface area contributed by atoms with Crippen molar-refractivity contribution >= 4 is 11.7 Å². The van der Waals surface area contributed by atoms with Gasteiger partial charge in [0, 0.05) is 23.9 Å².